The van der Waals surface area contributed by atoms with Crippen molar-refractivity contribution < 1.29 is 9.63 Å². The van der Waals surface area contributed by atoms with E-state index in [4.69, 9.17) is 23.2 Å². The third-order valence-corrected chi connectivity index (χ3v) is 4.00. The highest BCUT2D eigenvalue weighted by Crippen LogP contribution is 2.48. The van der Waals surface area contributed by atoms with Crippen molar-refractivity contribution in [1.29, 1.82) is 0 Å². The molecule has 1 saturated carbocycles. The van der Waals surface area contributed by atoms with Gasteiger partial charge in [0, 0.05) is 7.05 Å². The smallest absolute Gasteiger partial charge is 0.366 e. The molecule has 0 saturated heterocycles. The van der Waals surface area contributed by atoms with Gasteiger partial charge in [-0.15, -0.1) is 0 Å². The number of hydrogen-bond donors (Lipinski definition) is 1. The predicted octanol–water partition coefficient (Wildman–Crippen LogP) is 3.32. The average Bonchev–Trinajstić information content (AvgIpc) is 3.08. The van der Waals surface area contributed by atoms with Crippen LogP contribution in [0.25, 0.3) is 0 Å². The van der Waals surface area contributed by atoms with Crippen molar-refractivity contribution in [3.63, 3.8) is 0 Å². The number of pyridine rings is 1. The zero-order valence-electron chi connectivity index (χ0n) is 8.89. The summed E-state index contributed by atoms with van der Waals surface area (Å²) in [6.45, 7) is 0. The van der Waals surface area contributed by atoms with E-state index in [-0.39, 0.29) is 10.8 Å². The molecule has 1 heterocycles. The topological polar surface area (TPSA) is 51.2 Å². The fraction of sp³-hybridized carbons (Fsp3) is 0.400. The van der Waals surface area contributed by atoms with Crippen LogP contribution in [0.15, 0.2) is 4.47 Å². The predicted molar refractivity (Wildman–Crippen MR) is 68.4 cm³/mol. The maximum absolute atomic E-state index is 11.6. The molecule has 0 atom stereocenters. The molecule has 92 valence electrons. The molecule has 2 rings (SSSR count). The molecule has 1 aromatic rings. The van der Waals surface area contributed by atoms with E-state index < -0.39 is 5.97 Å². The molecule has 1 fully saturated rings. The largest absolute Gasteiger partial charge is 0.376 e. The molecule has 7 heteroatoms. The van der Waals surface area contributed by atoms with Crippen LogP contribution in [0.5, 0.6) is 0 Å². The van der Waals surface area contributed by atoms with Gasteiger partial charge >= 0.3 is 5.97 Å². The van der Waals surface area contributed by atoms with Crippen molar-refractivity contribution in [2.75, 3.05) is 7.05 Å². The Balaban J connectivity index is 2.49. The Morgan fingerprint density at radius 3 is 2.71 bits per heavy atom. The summed E-state index contributed by atoms with van der Waals surface area (Å²) in [6.07, 6.45) is 2.08. The molecule has 0 aliphatic heterocycles. The lowest BCUT2D eigenvalue weighted by molar-refractivity contribution is 0.0301. The van der Waals surface area contributed by atoms with E-state index in [0.29, 0.717) is 15.4 Å². The van der Waals surface area contributed by atoms with Gasteiger partial charge in [-0.2, -0.15) is 5.48 Å². The number of hydrogen-bond acceptors (Lipinski definition) is 4. The number of aromatic nitrogens is 1. The second-order valence-corrected chi connectivity index (χ2v) is 5.19. The van der Waals surface area contributed by atoms with Gasteiger partial charge in [0.05, 0.1) is 9.50 Å². The van der Waals surface area contributed by atoms with Gasteiger partial charge in [0.15, 0.2) is 5.69 Å². The molecular formula is C10H9BrCl2N2O2. The maximum Gasteiger partial charge on any atom is 0.376 e. The van der Waals surface area contributed by atoms with E-state index in [1.807, 2.05) is 0 Å². The Hall–Kier alpha value is -0.360. The van der Waals surface area contributed by atoms with Crippen molar-refractivity contribution in [1.82, 2.24) is 10.5 Å². The molecule has 0 aromatic carbocycles. The van der Waals surface area contributed by atoms with Crippen molar-refractivity contribution in [2.45, 2.75) is 18.8 Å². The number of rotatable bonds is 3. The highest BCUT2D eigenvalue weighted by Gasteiger charge is 2.32. The van der Waals surface area contributed by atoms with Gasteiger partial charge in [0.2, 0.25) is 0 Å². The second kappa shape index (κ2) is 5.10. The third-order valence-electron chi connectivity index (χ3n) is 2.45. The minimum Gasteiger partial charge on any atom is -0.366 e. The van der Waals surface area contributed by atoms with E-state index in [9.17, 15) is 4.79 Å². The van der Waals surface area contributed by atoms with Gasteiger partial charge in [0.25, 0.3) is 0 Å². The van der Waals surface area contributed by atoms with Crippen LogP contribution >= 0.6 is 39.1 Å². The zero-order valence-corrected chi connectivity index (χ0v) is 12.0. The van der Waals surface area contributed by atoms with Gasteiger partial charge in [-0.05, 0) is 40.3 Å². The first-order valence-corrected chi connectivity index (χ1v) is 6.53. The van der Waals surface area contributed by atoms with Crippen molar-refractivity contribution in [2.24, 2.45) is 0 Å². The number of carbonyl (C=O) groups is 1. The number of nitrogens with one attached hydrogen (secondary N) is 1. The Morgan fingerprint density at radius 1 is 1.53 bits per heavy atom. The fourth-order valence-electron chi connectivity index (χ4n) is 1.54. The second-order valence-electron chi connectivity index (χ2n) is 3.66. The highest BCUT2D eigenvalue weighted by molar-refractivity contribution is 9.10. The monoisotopic (exact) mass is 338 g/mol. The van der Waals surface area contributed by atoms with Gasteiger partial charge in [-0.1, -0.05) is 23.2 Å². The summed E-state index contributed by atoms with van der Waals surface area (Å²) in [6, 6.07) is 0. The molecule has 0 unspecified atom stereocenters. The van der Waals surface area contributed by atoms with Crippen molar-refractivity contribution in [3.05, 3.63) is 25.9 Å². The first-order chi connectivity index (χ1) is 8.06. The van der Waals surface area contributed by atoms with Crippen LogP contribution in [0.4, 0.5) is 0 Å². The van der Waals surface area contributed by atoms with E-state index in [1.165, 1.54) is 7.05 Å². The molecule has 0 amide bonds. The first kappa shape index (κ1) is 13.1. The summed E-state index contributed by atoms with van der Waals surface area (Å²) < 4.78 is 0.564. The molecular weight excluding hydrogens is 331 g/mol. The van der Waals surface area contributed by atoms with Gasteiger partial charge < -0.3 is 4.84 Å². The van der Waals surface area contributed by atoms with Crippen LogP contribution in [0, 0.1) is 0 Å². The minimum absolute atomic E-state index is 0.125. The molecule has 17 heavy (non-hydrogen) atoms. The summed E-state index contributed by atoms with van der Waals surface area (Å²) in [5.41, 5.74) is 3.28. The lowest BCUT2D eigenvalue weighted by atomic mass is 10.1. The van der Waals surface area contributed by atoms with E-state index in [0.717, 1.165) is 18.4 Å². The summed E-state index contributed by atoms with van der Waals surface area (Å²) in [5.74, 6) is -0.252. The van der Waals surface area contributed by atoms with Crippen LogP contribution < -0.4 is 5.48 Å². The zero-order chi connectivity index (χ0) is 12.6. The minimum atomic E-state index is -0.597. The maximum atomic E-state index is 11.6. The van der Waals surface area contributed by atoms with Gasteiger partial charge in [-0.25, -0.2) is 9.78 Å². The molecule has 1 aromatic heterocycles. The average molecular weight is 340 g/mol. The van der Waals surface area contributed by atoms with E-state index in [1.54, 1.807) is 0 Å². The normalized spacial score (nSPS) is 14.8. The molecule has 0 radical (unpaired) electrons. The summed E-state index contributed by atoms with van der Waals surface area (Å²) in [7, 11) is 1.49. The highest BCUT2D eigenvalue weighted by atomic mass is 79.9. The molecule has 0 spiro atoms. The van der Waals surface area contributed by atoms with Crippen LogP contribution in [-0.2, 0) is 4.84 Å². The Labute approximate surface area is 117 Å². The lowest BCUT2D eigenvalue weighted by Crippen LogP contribution is -2.17. The van der Waals surface area contributed by atoms with Crippen molar-refractivity contribution in [3.8, 4) is 0 Å². The van der Waals surface area contributed by atoms with Crippen molar-refractivity contribution >= 4 is 45.1 Å². The first-order valence-electron chi connectivity index (χ1n) is 4.98. The molecule has 1 N–H and O–H groups in total. The standard InChI is InChI=1S/C10H9BrCl2N2O2/c1-14-17-10(16)8-6(11)5(4-2-3-4)7(12)9(13)15-8/h4,14H,2-3H2,1H3. The number of halogens is 3. The van der Waals surface area contributed by atoms with Crippen LogP contribution in [0.1, 0.15) is 34.8 Å². The number of hydroxylamine groups is 1. The SMILES string of the molecule is CNOC(=O)c1nc(Cl)c(Cl)c(C2CC2)c1Br. The Kier molecular flexibility index (Phi) is 3.92. The quantitative estimate of drug-likeness (QED) is 0.678. The molecule has 0 bridgehead atoms. The Bertz CT molecular complexity index is 478. The van der Waals surface area contributed by atoms with Gasteiger partial charge in [-0.3, -0.25) is 0 Å². The number of nitrogens with zero attached hydrogens (tertiary/aromatic N) is 1. The fourth-order valence-corrected chi connectivity index (χ4v) is 2.90. The van der Waals surface area contributed by atoms with E-state index in [2.05, 4.69) is 31.2 Å². The summed E-state index contributed by atoms with van der Waals surface area (Å²) in [5, 5.41) is 0.530. The third kappa shape index (κ3) is 2.57. The number of carbonyl (C=O) groups excluding carboxylic acids is 1. The molecule has 1 aliphatic carbocycles. The summed E-state index contributed by atoms with van der Waals surface area (Å²) >= 11 is 15.4. The molecule has 1 aliphatic rings. The van der Waals surface area contributed by atoms with E-state index >= 15 is 0 Å². The lowest BCUT2D eigenvalue weighted by Gasteiger charge is -2.11. The van der Waals surface area contributed by atoms with Crippen LogP contribution in [-0.4, -0.2) is 18.0 Å². The Morgan fingerprint density at radius 2 is 2.18 bits per heavy atom. The summed E-state index contributed by atoms with van der Waals surface area (Å²) in [4.78, 5) is 20.3. The van der Waals surface area contributed by atoms with Crippen LogP contribution in [0.2, 0.25) is 10.2 Å². The molecule has 4 nitrogen and oxygen atoms in total. The van der Waals surface area contributed by atoms with Gasteiger partial charge in [0.1, 0.15) is 5.15 Å². The van der Waals surface area contributed by atoms with Crippen LogP contribution in [0.3, 0.4) is 0 Å².